The van der Waals surface area contributed by atoms with Gasteiger partial charge in [-0.1, -0.05) is 0 Å². The Hall–Kier alpha value is -3.29. The highest BCUT2D eigenvalue weighted by Crippen LogP contribution is 2.27. The summed E-state index contributed by atoms with van der Waals surface area (Å²) >= 11 is 0. The number of benzene rings is 1. The van der Waals surface area contributed by atoms with E-state index in [0.717, 1.165) is 12.8 Å². The van der Waals surface area contributed by atoms with E-state index in [0.29, 0.717) is 35.9 Å². The molecule has 1 fully saturated rings. The number of ether oxygens (including phenoxy) is 3. The van der Waals surface area contributed by atoms with Crippen molar-refractivity contribution in [3.63, 3.8) is 0 Å². The van der Waals surface area contributed by atoms with Gasteiger partial charge in [0.15, 0.2) is 0 Å². The molecule has 8 heteroatoms. The first-order chi connectivity index (χ1) is 13.5. The minimum absolute atomic E-state index is 0.125. The van der Waals surface area contributed by atoms with Crippen molar-refractivity contribution in [2.75, 3.05) is 27.3 Å². The standard InChI is InChI=1S/C20H23N3O5/c1-26-13-5-6-16(18(11-13)27-2)20(25)23-9-3-4-15(12-23)28-14-7-8-22-17(10-14)19(21)24/h5-8,10-11,15H,3-4,9,12H2,1-2H3,(H2,21,24). The third-order valence-electron chi connectivity index (χ3n) is 4.59. The number of nitrogens with two attached hydrogens (primary N) is 1. The average molecular weight is 385 g/mol. The molecule has 2 amide bonds. The van der Waals surface area contributed by atoms with Crippen LogP contribution in [0.1, 0.15) is 33.7 Å². The number of aromatic nitrogens is 1. The Morgan fingerprint density at radius 1 is 1.14 bits per heavy atom. The van der Waals surface area contributed by atoms with Crippen molar-refractivity contribution in [3.05, 3.63) is 47.8 Å². The Morgan fingerprint density at radius 3 is 2.68 bits per heavy atom. The molecule has 1 aliphatic heterocycles. The van der Waals surface area contributed by atoms with Crippen LogP contribution in [-0.2, 0) is 0 Å². The first kappa shape index (κ1) is 19.5. The molecule has 148 valence electrons. The van der Waals surface area contributed by atoms with Crippen LogP contribution in [0.4, 0.5) is 0 Å². The highest BCUT2D eigenvalue weighted by Gasteiger charge is 2.27. The van der Waals surface area contributed by atoms with Gasteiger partial charge in [-0.25, -0.2) is 0 Å². The lowest BCUT2D eigenvalue weighted by atomic mass is 10.1. The van der Waals surface area contributed by atoms with Gasteiger partial charge >= 0.3 is 0 Å². The largest absolute Gasteiger partial charge is 0.497 e. The van der Waals surface area contributed by atoms with Crippen molar-refractivity contribution >= 4 is 11.8 Å². The molecule has 0 aliphatic carbocycles. The Balaban J connectivity index is 1.72. The second-order valence-electron chi connectivity index (χ2n) is 6.44. The van der Waals surface area contributed by atoms with Crippen molar-refractivity contribution in [1.82, 2.24) is 9.88 Å². The molecule has 0 saturated carbocycles. The second kappa shape index (κ2) is 8.60. The fourth-order valence-electron chi connectivity index (χ4n) is 3.18. The van der Waals surface area contributed by atoms with Gasteiger partial charge < -0.3 is 24.8 Å². The molecule has 1 aromatic carbocycles. The summed E-state index contributed by atoms with van der Waals surface area (Å²) in [6.45, 7) is 1.07. The Morgan fingerprint density at radius 2 is 1.96 bits per heavy atom. The SMILES string of the molecule is COc1ccc(C(=O)N2CCCC(Oc3ccnc(C(N)=O)c3)C2)c(OC)c1. The quantitative estimate of drug-likeness (QED) is 0.814. The maximum Gasteiger partial charge on any atom is 0.267 e. The van der Waals surface area contributed by atoms with Gasteiger partial charge in [-0.15, -0.1) is 0 Å². The lowest BCUT2D eigenvalue weighted by Gasteiger charge is -2.33. The van der Waals surface area contributed by atoms with Gasteiger partial charge in [-0.05, 0) is 31.0 Å². The molecule has 0 radical (unpaired) electrons. The first-order valence-electron chi connectivity index (χ1n) is 8.95. The van der Waals surface area contributed by atoms with Crippen LogP contribution in [0, 0.1) is 0 Å². The van der Waals surface area contributed by atoms with Crippen molar-refractivity contribution < 1.29 is 23.8 Å². The zero-order chi connectivity index (χ0) is 20.1. The van der Waals surface area contributed by atoms with Crippen LogP contribution in [0.3, 0.4) is 0 Å². The third-order valence-corrected chi connectivity index (χ3v) is 4.59. The van der Waals surface area contributed by atoms with E-state index in [1.54, 1.807) is 36.3 Å². The van der Waals surface area contributed by atoms with E-state index in [9.17, 15) is 9.59 Å². The van der Waals surface area contributed by atoms with Crippen LogP contribution in [0.25, 0.3) is 0 Å². The summed E-state index contributed by atoms with van der Waals surface area (Å²) in [6.07, 6.45) is 2.90. The number of primary amides is 1. The second-order valence-corrected chi connectivity index (χ2v) is 6.44. The molecule has 1 aliphatic rings. The van der Waals surface area contributed by atoms with Gasteiger partial charge in [0.25, 0.3) is 11.8 Å². The maximum atomic E-state index is 13.0. The topological polar surface area (TPSA) is 104 Å². The molecule has 1 aromatic heterocycles. The number of methoxy groups -OCH3 is 2. The van der Waals surface area contributed by atoms with E-state index >= 15 is 0 Å². The highest BCUT2D eigenvalue weighted by molar-refractivity contribution is 5.97. The summed E-state index contributed by atoms with van der Waals surface area (Å²) in [7, 11) is 3.08. The molecule has 1 saturated heterocycles. The minimum atomic E-state index is -0.613. The molecule has 0 bridgehead atoms. The molecule has 0 spiro atoms. The zero-order valence-electron chi connectivity index (χ0n) is 15.9. The van der Waals surface area contributed by atoms with Crippen molar-refractivity contribution in [3.8, 4) is 17.2 Å². The molecule has 3 rings (SSSR count). The number of nitrogens with zero attached hydrogens (tertiary/aromatic N) is 2. The minimum Gasteiger partial charge on any atom is -0.497 e. The summed E-state index contributed by atoms with van der Waals surface area (Å²) in [5.74, 6) is 0.854. The first-order valence-corrected chi connectivity index (χ1v) is 8.95. The highest BCUT2D eigenvalue weighted by atomic mass is 16.5. The van der Waals surface area contributed by atoms with Crippen LogP contribution in [-0.4, -0.2) is 55.1 Å². The van der Waals surface area contributed by atoms with Gasteiger partial charge in [0.2, 0.25) is 0 Å². The summed E-state index contributed by atoms with van der Waals surface area (Å²) in [4.78, 5) is 29.9. The average Bonchev–Trinajstić information content (AvgIpc) is 2.73. The lowest BCUT2D eigenvalue weighted by molar-refractivity contribution is 0.0534. The van der Waals surface area contributed by atoms with Gasteiger partial charge in [-0.3, -0.25) is 14.6 Å². The fourth-order valence-corrected chi connectivity index (χ4v) is 3.18. The van der Waals surface area contributed by atoms with E-state index < -0.39 is 5.91 Å². The van der Waals surface area contributed by atoms with Gasteiger partial charge in [0.1, 0.15) is 29.0 Å². The fraction of sp³-hybridized carbons (Fsp3) is 0.350. The van der Waals surface area contributed by atoms with Crippen molar-refractivity contribution in [2.45, 2.75) is 18.9 Å². The van der Waals surface area contributed by atoms with E-state index in [2.05, 4.69) is 4.98 Å². The smallest absolute Gasteiger partial charge is 0.267 e. The number of amides is 2. The zero-order valence-corrected chi connectivity index (χ0v) is 15.9. The van der Waals surface area contributed by atoms with Gasteiger partial charge in [0, 0.05) is 24.9 Å². The van der Waals surface area contributed by atoms with E-state index in [-0.39, 0.29) is 17.7 Å². The number of piperidine rings is 1. The van der Waals surface area contributed by atoms with Crippen LogP contribution in [0.5, 0.6) is 17.2 Å². The summed E-state index contributed by atoms with van der Waals surface area (Å²) < 4.78 is 16.5. The van der Waals surface area contributed by atoms with Gasteiger partial charge in [-0.2, -0.15) is 0 Å². The van der Waals surface area contributed by atoms with Crippen LogP contribution < -0.4 is 19.9 Å². The molecule has 28 heavy (non-hydrogen) atoms. The number of likely N-dealkylation sites (tertiary alicyclic amines) is 1. The molecule has 2 heterocycles. The number of pyridine rings is 1. The molecular weight excluding hydrogens is 362 g/mol. The Bertz CT molecular complexity index is 871. The van der Waals surface area contributed by atoms with Crippen LogP contribution >= 0.6 is 0 Å². The Kier molecular flexibility index (Phi) is 5.98. The molecule has 1 unspecified atom stereocenters. The molecular formula is C20H23N3O5. The summed E-state index contributed by atoms with van der Waals surface area (Å²) in [6, 6.07) is 8.30. The summed E-state index contributed by atoms with van der Waals surface area (Å²) in [5, 5.41) is 0. The Labute approximate surface area is 163 Å². The molecule has 2 N–H and O–H groups in total. The van der Waals surface area contributed by atoms with Gasteiger partial charge in [0.05, 0.1) is 26.3 Å². The van der Waals surface area contributed by atoms with Crippen LogP contribution in [0.15, 0.2) is 36.5 Å². The number of carbonyl (C=O) groups is 2. The predicted molar refractivity (Wildman–Crippen MR) is 102 cm³/mol. The predicted octanol–water partition coefficient (Wildman–Crippen LogP) is 1.88. The molecule has 8 nitrogen and oxygen atoms in total. The van der Waals surface area contributed by atoms with Crippen LogP contribution in [0.2, 0.25) is 0 Å². The third kappa shape index (κ3) is 4.33. The normalized spacial score (nSPS) is 16.4. The monoisotopic (exact) mass is 385 g/mol. The van der Waals surface area contributed by atoms with E-state index in [1.165, 1.54) is 19.4 Å². The maximum absolute atomic E-state index is 13.0. The van der Waals surface area contributed by atoms with Crippen molar-refractivity contribution in [1.29, 1.82) is 0 Å². The number of hydrogen-bond donors (Lipinski definition) is 1. The molecule has 2 aromatic rings. The molecule has 1 atom stereocenters. The number of carbonyl (C=O) groups excluding carboxylic acids is 2. The van der Waals surface area contributed by atoms with E-state index in [1.807, 2.05) is 0 Å². The number of hydrogen-bond acceptors (Lipinski definition) is 6. The number of rotatable bonds is 6. The van der Waals surface area contributed by atoms with Crippen molar-refractivity contribution in [2.24, 2.45) is 5.73 Å². The summed E-state index contributed by atoms with van der Waals surface area (Å²) in [5.41, 5.74) is 5.88. The van der Waals surface area contributed by atoms with E-state index in [4.69, 9.17) is 19.9 Å². The lowest BCUT2D eigenvalue weighted by Crippen LogP contribution is -2.44.